The van der Waals surface area contributed by atoms with Crippen molar-refractivity contribution in [2.45, 2.75) is 18.9 Å². The van der Waals surface area contributed by atoms with Crippen LogP contribution in [0.3, 0.4) is 0 Å². The Morgan fingerprint density at radius 2 is 2.13 bits per heavy atom. The zero-order chi connectivity index (χ0) is 10.9. The van der Waals surface area contributed by atoms with Gasteiger partial charge in [0, 0.05) is 4.47 Å². The van der Waals surface area contributed by atoms with Crippen LogP contribution in [0.2, 0.25) is 0 Å². The van der Waals surface area contributed by atoms with Gasteiger partial charge in [-0.15, -0.1) is 0 Å². The van der Waals surface area contributed by atoms with Crippen LogP contribution in [-0.2, 0) is 10.3 Å². The molecular formula is C11H12BrNO2. The highest BCUT2D eigenvalue weighted by Gasteiger charge is 2.39. The van der Waals surface area contributed by atoms with E-state index >= 15 is 0 Å². The number of halogens is 1. The van der Waals surface area contributed by atoms with Crippen molar-refractivity contribution >= 4 is 22.0 Å². The van der Waals surface area contributed by atoms with E-state index in [1.807, 2.05) is 31.2 Å². The maximum absolute atomic E-state index is 11.1. The largest absolute Gasteiger partial charge is 0.447 e. The molecule has 1 atom stereocenters. The van der Waals surface area contributed by atoms with Gasteiger partial charge in [0.15, 0.2) is 0 Å². The molecule has 0 bridgehead atoms. The predicted molar refractivity (Wildman–Crippen MR) is 60.6 cm³/mol. The van der Waals surface area contributed by atoms with Crippen LogP contribution in [0.1, 0.15) is 18.9 Å². The molecule has 1 fully saturated rings. The van der Waals surface area contributed by atoms with Crippen LogP contribution in [0.25, 0.3) is 0 Å². The van der Waals surface area contributed by atoms with E-state index in [1.54, 1.807) is 0 Å². The minimum Gasteiger partial charge on any atom is -0.447 e. The maximum Gasteiger partial charge on any atom is 0.408 e. The second-order valence-corrected chi connectivity index (χ2v) is 4.56. The summed E-state index contributed by atoms with van der Waals surface area (Å²) in [4.78, 5) is 11.1. The van der Waals surface area contributed by atoms with Gasteiger partial charge in [0.1, 0.15) is 12.1 Å². The molecule has 1 unspecified atom stereocenters. The number of nitrogens with one attached hydrogen (secondary N) is 1. The number of hydrogen-bond donors (Lipinski definition) is 1. The van der Waals surface area contributed by atoms with Crippen LogP contribution < -0.4 is 5.32 Å². The normalized spacial score (nSPS) is 24.8. The molecule has 0 aromatic heterocycles. The Kier molecular flexibility index (Phi) is 2.69. The molecule has 80 valence electrons. The van der Waals surface area contributed by atoms with Crippen LogP contribution in [0.15, 0.2) is 28.7 Å². The molecule has 3 nitrogen and oxygen atoms in total. The highest BCUT2D eigenvalue weighted by molar-refractivity contribution is 9.10. The summed E-state index contributed by atoms with van der Waals surface area (Å²) >= 11 is 3.39. The number of rotatable bonds is 2. The number of alkyl carbamates (subject to hydrolysis) is 1. The average molecular weight is 270 g/mol. The number of carbonyl (C=O) groups excluding carboxylic acids is 1. The predicted octanol–water partition coefficient (Wildman–Crippen LogP) is 2.79. The van der Waals surface area contributed by atoms with E-state index in [1.165, 1.54) is 0 Å². The molecule has 1 heterocycles. The molecule has 1 aromatic rings. The molecule has 0 radical (unpaired) electrons. The van der Waals surface area contributed by atoms with Crippen molar-refractivity contribution in [2.75, 3.05) is 6.61 Å². The lowest BCUT2D eigenvalue weighted by Crippen LogP contribution is -2.39. The summed E-state index contributed by atoms with van der Waals surface area (Å²) in [5.41, 5.74) is 0.733. The number of cyclic esters (lactones) is 1. The fourth-order valence-electron chi connectivity index (χ4n) is 1.78. The van der Waals surface area contributed by atoms with Crippen molar-refractivity contribution in [1.29, 1.82) is 0 Å². The van der Waals surface area contributed by atoms with E-state index in [0.717, 1.165) is 16.5 Å². The summed E-state index contributed by atoms with van der Waals surface area (Å²) in [5.74, 6) is 0. The number of carbonyl (C=O) groups is 1. The Morgan fingerprint density at radius 1 is 1.47 bits per heavy atom. The van der Waals surface area contributed by atoms with Gasteiger partial charge >= 0.3 is 6.09 Å². The highest BCUT2D eigenvalue weighted by atomic mass is 79.9. The summed E-state index contributed by atoms with van der Waals surface area (Å²) in [7, 11) is 0. The van der Waals surface area contributed by atoms with Gasteiger partial charge in [-0.3, -0.25) is 0 Å². The Balaban J connectivity index is 2.34. The first-order valence-electron chi connectivity index (χ1n) is 4.87. The second-order valence-electron chi connectivity index (χ2n) is 3.64. The third-order valence-electron chi connectivity index (χ3n) is 2.79. The summed E-state index contributed by atoms with van der Waals surface area (Å²) in [6.45, 7) is 2.45. The van der Waals surface area contributed by atoms with Gasteiger partial charge < -0.3 is 10.1 Å². The fourth-order valence-corrected chi connectivity index (χ4v) is 2.04. The van der Waals surface area contributed by atoms with Crippen molar-refractivity contribution < 1.29 is 9.53 Å². The Labute approximate surface area is 96.9 Å². The van der Waals surface area contributed by atoms with Crippen molar-refractivity contribution in [3.05, 3.63) is 34.3 Å². The topological polar surface area (TPSA) is 38.3 Å². The van der Waals surface area contributed by atoms with Crippen LogP contribution in [0, 0.1) is 0 Å². The monoisotopic (exact) mass is 269 g/mol. The van der Waals surface area contributed by atoms with Gasteiger partial charge in [-0.25, -0.2) is 4.79 Å². The standard InChI is InChI=1S/C11H12BrNO2/c1-2-11(7-15-10(14)13-11)8-3-5-9(12)6-4-8/h3-6H,2,7H2,1H3,(H,13,14). The van der Waals surface area contributed by atoms with Crippen LogP contribution in [-0.4, -0.2) is 12.7 Å². The maximum atomic E-state index is 11.1. The smallest absolute Gasteiger partial charge is 0.408 e. The molecule has 1 aromatic carbocycles. The number of benzene rings is 1. The fraction of sp³-hybridized carbons (Fsp3) is 0.364. The molecule has 0 aliphatic carbocycles. The van der Waals surface area contributed by atoms with Gasteiger partial charge in [-0.1, -0.05) is 35.0 Å². The molecule has 4 heteroatoms. The third-order valence-corrected chi connectivity index (χ3v) is 3.32. The molecule has 1 N–H and O–H groups in total. The van der Waals surface area contributed by atoms with Gasteiger partial charge in [0.05, 0.1) is 0 Å². The molecule has 15 heavy (non-hydrogen) atoms. The first-order valence-corrected chi connectivity index (χ1v) is 5.66. The zero-order valence-corrected chi connectivity index (χ0v) is 10.0. The molecule has 1 aliphatic heterocycles. The first-order chi connectivity index (χ1) is 7.16. The van der Waals surface area contributed by atoms with E-state index in [4.69, 9.17) is 4.74 Å². The summed E-state index contributed by atoms with van der Waals surface area (Å²) < 4.78 is 6.01. The zero-order valence-electron chi connectivity index (χ0n) is 8.42. The van der Waals surface area contributed by atoms with Gasteiger partial charge in [0.2, 0.25) is 0 Å². The van der Waals surface area contributed by atoms with Crippen molar-refractivity contribution in [3.63, 3.8) is 0 Å². The molecule has 1 amide bonds. The van der Waals surface area contributed by atoms with Crippen LogP contribution in [0.5, 0.6) is 0 Å². The molecule has 2 rings (SSSR count). The summed E-state index contributed by atoms with van der Waals surface area (Å²) in [5, 5.41) is 2.88. The summed E-state index contributed by atoms with van der Waals surface area (Å²) in [6, 6.07) is 7.94. The van der Waals surface area contributed by atoms with Crippen LogP contribution >= 0.6 is 15.9 Å². The van der Waals surface area contributed by atoms with Gasteiger partial charge in [-0.2, -0.15) is 0 Å². The molecule has 1 saturated heterocycles. The molecule has 0 spiro atoms. The Bertz CT molecular complexity index is 377. The van der Waals surface area contributed by atoms with Gasteiger partial charge in [0.25, 0.3) is 0 Å². The minimum absolute atomic E-state index is 0.334. The molecular weight excluding hydrogens is 258 g/mol. The molecule has 1 aliphatic rings. The Hall–Kier alpha value is -1.03. The van der Waals surface area contributed by atoms with E-state index in [9.17, 15) is 4.79 Å². The quantitative estimate of drug-likeness (QED) is 0.897. The Morgan fingerprint density at radius 3 is 2.60 bits per heavy atom. The highest BCUT2D eigenvalue weighted by Crippen LogP contribution is 2.30. The lowest BCUT2D eigenvalue weighted by molar-refractivity contribution is 0.171. The SMILES string of the molecule is CCC1(c2ccc(Br)cc2)COC(=O)N1. The average Bonchev–Trinajstić information content (AvgIpc) is 2.62. The third kappa shape index (κ3) is 1.86. The van der Waals surface area contributed by atoms with E-state index in [-0.39, 0.29) is 11.6 Å². The van der Waals surface area contributed by atoms with Gasteiger partial charge in [-0.05, 0) is 24.1 Å². The van der Waals surface area contributed by atoms with Crippen molar-refractivity contribution in [2.24, 2.45) is 0 Å². The lowest BCUT2D eigenvalue weighted by atomic mass is 9.89. The van der Waals surface area contributed by atoms with E-state index < -0.39 is 0 Å². The summed E-state index contributed by atoms with van der Waals surface area (Å²) in [6.07, 6.45) is 0.486. The second kappa shape index (κ2) is 3.85. The number of amides is 1. The van der Waals surface area contributed by atoms with Crippen LogP contribution in [0.4, 0.5) is 4.79 Å². The van der Waals surface area contributed by atoms with E-state index in [2.05, 4.69) is 21.2 Å². The first kappa shape index (κ1) is 10.5. The lowest BCUT2D eigenvalue weighted by Gasteiger charge is -2.25. The molecule has 0 saturated carbocycles. The number of hydrogen-bond acceptors (Lipinski definition) is 2. The number of ether oxygens (including phenoxy) is 1. The minimum atomic E-state index is -0.349. The van der Waals surface area contributed by atoms with E-state index in [0.29, 0.717) is 6.61 Å². The van der Waals surface area contributed by atoms with Crippen molar-refractivity contribution in [3.8, 4) is 0 Å². The van der Waals surface area contributed by atoms with Crippen molar-refractivity contribution in [1.82, 2.24) is 5.32 Å².